The lowest BCUT2D eigenvalue weighted by atomic mass is 9.86. The lowest BCUT2D eigenvalue weighted by Gasteiger charge is -2.33. The van der Waals surface area contributed by atoms with Gasteiger partial charge in [-0.15, -0.1) is 0 Å². The molecule has 0 saturated carbocycles. The van der Waals surface area contributed by atoms with Gasteiger partial charge in [0.1, 0.15) is 0 Å². The van der Waals surface area contributed by atoms with Crippen LogP contribution < -0.4 is 0 Å². The molecule has 2 aliphatic rings. The van der Waals surface area contributed by atoms with E-state index in [1.807, 2.05) is 0 Å². The number of fused-ring (bicyclic) bond motifs is 4. The number of hydrogen-bond donors (Lipinski definition) is 0. The standard InChI is InChI=1S/C20H38O3/c1-4-20(2,3)15-19-22-17-11-7-5-6-8-13-18(23-19)16-21-14-10-9-12-17/h17-19H,4-16H2,1-3H3. The van der Waals surface area contributed by atoms with Gasteiger partial charge in [0.15, 0.2) is 6.29 Å². The van der Waals surface area contributed by atoms with Gasteiger partial charge in [0.25, 0.3) is 0 Å². The molecule has 3 unspecified atom stereocenters. The van der Waals surface area contributed by atoms with E-state index in [1.165, 1.54) is 38.5 Å². The highest BCUT2D eigenvalue weighted by molar-refractivity contribution is 4.73. The van der Waals surface area contributed by atoms with Crippen molar-refractivity contribution in [2.24, 2.45) is 5.41 Å². The molecule has 0 aliphatic carbocycles. The summed E-state index contributed by atoms with van der Waals surface area (Å²) in [4.78, 5) is 0. The molecular weight excluding hydrogens is 288 g/mol. The second-order valence-electron chi connectivity index (χ2n) is 8.23. The van der Waals surface area contributed by atoms with E-state index < -0.39 is 0 Å². The predicted molar refractivity (Wildman–Crippen MR) is 94.6 cm³/mol. The molecule has 3 nitrogen and oxygen atoms in total. The van der Waals surface area contributed by atoms with Gasteiger partial charge in [0.05, 0.1) is 18.8 Å². The summed E-state index contributed by atoms with van der Waals surface area (Å²) in [6, 6.07) is 0. The maximum atomic E-state index is 6.50. The summed E-state index contributed by atoms with van der Waals surface area (Å²) in [6.45, 7) is 8.51. The van der Waals surface area contributed by atoms with Gasteiger partial charge in [-0.05, 0) is 37.5 Å². The van der Waals surface area contributed by atoms with E-state index in [9.17, 15) is 0 Å². The maximum absolute atomic E-state index is 6.50. The Morgan fingerprint density at radius 2 is 1.43 bits per heavy atom. The van der Waals surface area contributed by atoms with Crippen LogP contribution in [0.5, 0.6) is 0 Å². The van der Waals surface area contributed by atoms with E-state index in [2.05, 4.69) is 20.8 Å². The Balaban J connectivity index is 2.09. The van der Waals surface area contributed by atoms with Gasteiger partial charge in [0, 0.05) is 13.0 Å². The van der Waals surface area contributed by atoms with E-state index in [0.717, 1.165) is 45.3 Å². The Kier molecular flexibility index (Phi) is 8.35. The van der Waals surface area contributed by atoms with Gasteiger partial charge in [-0.1, -0.05) is 52.9 Å². The summed E-state index contributed by atoms with van der Waals surface area (Å²) in [5.41, 5.74) is 0.265. The number of hydrogen-bond acceptors (Lipinski definition) is 3. The zero-order valence-electron chi connectivity index (χ0n) is 15.6. The van der Waals surface area contributed by atoms with Crippen molar-refractivity contribution in [2.45, 2.75) is 110 Å². The van der Waals surface area contributed by atoms with E-state index in [1.54, 1.807) is 0 Å². The molecule has 3 heteroatoms. The van der Waals surface area contributed by atoms with Crippen molar-refractivity contribution in [2.75, 3.05) is 13.2 Å². The van der Waals surface area contributed by atoms with E-state index in [0.29, 0.717) is 6.10 Å². The van der Waals surface area contributed by atoms with Gasteiger partial charge < -0.3 is 14.2 Å². The molecule has 2 rings (SSSR count). The molecule has 23 heavy (non-hydrogen) atoms. The van der Waals surface area contributed by atoms with Crippen LogP contribution in [0.15, 0.2) is 0 Å². The lowest BCUT2D eigenvalue weighted by Crippen LogP contribution is -2.34. The molecule has 0 aromatic heterocycles. The van der Waals surface area contributed by atoms with Crippen molar-refractivity contribution in [3.8, 4) is 0 Å². The summed E-state index contributed by atoms with van der Waals surface area (Å²) in [5, 5.41) is 0. The van der Waals surface area contributed by atoms with Crippen LogP contribution >= 0.6 is 0 Å². The van der Waals surface area contributed by atoms with Crippen LogP contribution in [-0.2, 0) is 14.2 Å². The Hall–Kier alpha value is -0.120. The van der Waals surface area contributed by atoms with Crippen molar-refractivity contribution < 1.29 is 14.2 Å². The number of ether oxygens (including phenoxy) is 3. The first-order valence-electron chi connectivity index (χ1n) is 9.98. The summed E-state index contributed by atoms with van der Waals surface area (Å²) in [7, 11) is 0. The maximum Gasteiger partial charge on any atom is 0.158 e. The van der Waals surface area contributed by atoms with Gasteiger partial charge in [0.2, 0.25) is 0 Å². The van der Waals surface area contributed by atoms with Crippen molar-refractivity contribution in [3.05, 3.63) is 0 Å². The summed E-state index contributed by atoms with van der Waals surface area (Å²) in [5.74, 6) is 0. The van der Waals surface area contributed by atoms with Crippen molar-refractivity contribution in [1.29, 1.82) is 0 Å². The smallest absolute Gasteiger partial charge is 0.158 e. The lowest BCUT2D eigenvalue weighted by molar-refractivity contribution is -0.216. The van der Waals surface area contributed by atoms with Crippen LogP contribution in [0.2, 0.25) is 0 Å². The minimum atomic E-state index is -0.0697. The fourth-order valence-corrected chi connectivity index (χ4v) is 3.51. The summed E-state index contributed by atoms with van der Waals surface area (Å²) >= 11 is 0. The highest BCUT2D eigenvalue weighted by Gasteiger charge is 2.28. The van der Waals surface area contributed by atoms with Crippen molar-refractivity contribution >= 4 is 0 Å². The molecule has 0 spiro atoms. The van der Waals surface area contributed by atoms with Crippen LogP contribution in [0, 0.1) is 5.41 Å². The molecule has 0 aromatic rings. The molecule has 0 aromatic carbocycles. The third kappa shape index (κ3) is 7.53. The van der Waals surface area contributed by atoms with E-state index >= 15 is 0 Å². The Morgan fingerprint density at radius 1 is 0.826 bits per heavy atom. The van der Waals surface area contributed by atoms with Crippen LogP contribution in [0.3, 0.4) is 0 Å². The third-order valence-electron chi connectivity index (χ3n) is 5.54. The van der Waals surface area contributed by atoms with E-state index in [-0.39, 0.29) is 17.8 Å². The average molecular weight is 327 g/mol. The molecule has 0 radical (unpaired) electrons. The van der Waals surface area contributed by atoms with Crippen molar-refractivity contribution in [1.82, 2.24) is 0 Å². The molecular formula is C20H38O3. The van der Waals surface area contributed by atoms with Crippen LogP contribution in [-0.4, -0.2) is 31.7 Å². The highest BCUT2D eigenvalue weighted by Crippen LogP contribution is 2.31. The fraction of sp³-hybridized carbons (Fsp3) is 1.00. The highest BCUT2D eigenvalue weighted by atomic mass is 16.7. The molecule has 0 N–H and O–H groups in total. The normalized spacial score (nSPS) is 32.2. The molecule has 136 valence electrons. The second-order valence-corrected chi connectivity index (χ2v) is 8.23. The SMILES string of the molecule is CCC(C)(C)CC1OC2CCCCCCC(COCCCC2)O1. The van der Waals surface area contributed by atoms with Gasteiger partial charge in [-0.25, -0.2) is 0 Å². The minimum absolute atomic E-state index is 0.0697. The minimum Gasteiger partial charge on any atom is -0.379 e. The molecule has 2 aliphatic heterocycles. The average Bonchev–Trinajstić information content (AvgIpc) is 2.58. The quantitative estimate of drug-likeness (QED) is 0.689. The molecule has 2 fully saturated rings. The van der Waals surface area contributed by atoms with Crippen molar-refractivity contribution in [3.63, 3.8) is 0 Å². The molecule has 2 heterocycles. The van der Waals surface area contributed by atoms with Gasteiger partial charge in [-0.3, -0.25) is 0 Å². The molecule has 3 atom stereocenters. The van der Waals surface area contributed by atoms with Crippen LogP contribution in [0.25, 0.3) is 0 Å². The van der Waals surface area contributed by atoms with Crippen LogP contribution in [0.4, 0.5) is 0 Å². The number of rotatable bonds is 3. The predicted octanol–water partition coefficient (Wildman–Crippen LogP) is 5.46. The second kappa shape index (κ2) is 10.0. The zero-order chi connectivity index (χ0) is 16.5. The topological polar surface area (TPSA) is 27.7 Å². The monoisotopic (exact) mass is 326 g/mol. The first-order valence-corrected chi connectivity index (χ1v) is 9.98. The summed E-state index contributed by atoms with van der Waals surface area (Å²) in [6.07, 6.45) is 13.6. The summed E-state index contributed by atoms with van der Waals surface area (Å²) < 4.78 is 18.8. The van der Waals surface area contributed by atoms with Crippen LogP contribution in [0.1, 0.15) is 91.4 Å². The first-order chi connectivity index (χ1) is 11.1. The first kappa shape index (κ1) is 19.2. The van der Waals surface area contributed by atoms with Gasteiger partial charge in [-0.2, -0.15) is 0 Å². The third-order valence-corrected chi connectivity index (χ3v) is 5.54. The van der Waals surface area contributed by atoms with Gasteiger partial charge >= 0.3 is 0 Å². The largest absolute Gasteiger partial charge is 0.379 e. The molecule has 0 amide bonds. The Labute approximate surface area is 143 Å². The Bertz CT molecular complexity index is 278. The molecule has 2 bridgehead atoms. The Morgan fingerprint density at radius 3 is 2.13 bits per heavy atom. The zero-order valence-corrected chi connectivity index (χ0v) is 15.6. The fourth-order valence-electron chi connectivity index (χ4n) is 3.51. The molecule has 2 saturated heterocycles. The van der Waals surface area contributed by atoms with E-state index in [4.69, 9.17) is 14.2 Å².